The maximum Gasteiger partial charge on any atom is 0.334 e. The number of carbonyl (C=O) groups is 1. The van der Waals surface area contributed by atoms with Crippen molar-refractivity contribution in [3.8, 4) is 11.3 Å². The third-order valence-corrected chi connectivity index (χ3v) is 4.55. The molecular weight excluding hydrogens is 304 g/mol. The highest BCUT2D eigenvalue weighted by Gasteiger charge is 2.20. The lowest BCUT2D eigenvalue weighted by Crippen LogP contribution is -1.99. The van der Waals surface area contributed by atoms with Gasteiger partial charge in [-0.2, -0.15) is 0 Å². The van der Waals surface area contributed by atoms with Crippen molar-refractivity contribution >= 4 is 21.9 Å². The molecule has 0 atom stereocenters. The van der Waals surface area contributed by atoms with Crippen LogP contribution in [-0.4, -0.2) is 27.2 Å². The van der Waals surface area contributed by atoms with Crippen LogP contribution in [-0.2, 0) is 19.4 Å². The van der Waals surface area contributed by atoms with Crippen molar-refractivity contribution in [3.05, 3.63) is 47.7 Å². The number of esters is 1. The van der Waals surface area contributed by atoms with E-state index in [-0.39, 0.29) is 10.9 Å². The van der Waals surface area contributed by atoms with Crippen LogP contribution in [0.5, 0.6) is 0 Å². The second-order valence-corrected chi connectivity index (χ2v) is 7.07. The Labute approximate surface area is 128 Å². The lowest BCUT2D eigenvalue weighted by molar-refractivity contribution is -0.134. The van der Waals surface area contributed by atoms with Crippen LogP contribution < -0.4 is 0 Å². The molecule has 0 unspecified atom stereocenters. The van der Waals surface area contributed by atoms with Gasteiger partial charge in [-0.25, -0.2) is 13.2 Å². The fourth-order valence-corrected chi connectivity index (χ4v) is 2.95. The summed E-state index contributed by atoms with van der Waals surface area (Å²) < 4.78 is 33.8. The molecule has 0 bridgehead atoms. The first-order chi connectivity index (χ1) is 10.4. The minimum absolute atomic E-state index is 0.204. The average molecular weight is 318 g/mol. The van der Waals surface area contributed by atoms with Crippen LogP contribution in [0.1, 0.15) is 12.0 Å². The van der Waals surface area contributed by atoms with E-state index in [1.807, 2.05) is 0 Å². The summed E-state index contributed by atoms with van der Waals surface area (Å²) in [7, 11) is -3.33. The molecule has 1 aromatic carbocycles. The van der Waals surface area contributed by atoms with Gasteiger partial charge in [0, 0.05) is 23.8 Å². The van der Waals surface area contributed by atoms with Crippen LogP contribution >= 0.6 is 0 Å². The third kappa shape index (κ3) is 2.82. The molecule has 1 aliphatic rings. The first-order valence-corrected chi connectivity index (χ1v) is 8.60. The number of ether oxygens (including phenoxy) is 1. The fourth-order valence-electron chi connectivity index (χ4n) is 2.30. The van der Waals surface area contributed by atoms with Gasteiger partial charge in [-0.15, -0.1) is 0 Å². The van der Waals surface area contributed by atoms with E-state index in [4.69, 9.17) is 9.15 Å². The molecule has 0 N–H and O–H groups in total. The Hall–Kier alpha value is -2.34. The van der Waals surface area contributed by atoms with E-state index < -0.39 is 9.84 Å². The van der Waals surface area contributed by atoms with Crippen molar-refractivity contribution in [3.63, 3.8) is 0 Å². The Balaban J connectivity index is 2.16. The molecule has 114 valence electrons. The topological polar surface area (TPSA) is 73.6 Å². The highest BCUT2D eigenvalue weighted by molar-refractivity contribution is 7.90. The molecule has 6 heteroatoms. The first kappa shape index (κ1) is 14.6. The van der Waals surface area contributed by atoms with E-state index in [2.05, 4.69) is 0 Å². The summed E-state index contributed by atoms with van der Waals surface area (Å²) in [5, 5.41) is 0. The van der Waals surface area contributed by atoms with Crippen LogP contribution in [0.15, 0.2) is 51.5 Å². The second-order valence-electron chi connectivity index (χ2n) is 5.05. The summed E-state index contributed by atoms with van der Waals surface area (Å²) in [5.41, 5.74) is 1.91. The lowest BCUT2D eigenvalue weighted by Gasteiger charge is -2.07. The number of furan rings is 1. The Morgan fingerprint density at radius 1 is 1.23 bits per heavy atom. The van der Waals surface area contributed by atoms with Crippen molar-refractivity contribution in [2.24, 2.45) is 0 Å². The summed E-state index contributed by atoms with van der Waals surface area (Å²) in [5.74, 6) is 0.210. The second kappa shape index (κ2) is 5.46. The van der Waals surface area contributed by atoms with Crippen LogP contribution in [0.2, 0.25) is 0 Å². The summed E-state index contributed by atoms with van der Waals surface area (Å²) >= 11 is 0. The Bertz CT molecular complexity index is 845. The largest absolute Gasteiger partial charge is 0.464 e. The standard InChI is InChI=1S/C16H14O5S/c1-22(18,19)13-5-4-11(9-12-6-8-21-16(12)17)14(10-13)15-3-2-7-20-15/h2-5,7,9-10H,6,8H2,1H3/b12-9-. The van der Waals surface area contributed by atoms with E-state index in [1.165, 1.54) is 12.3 Å². The fraction of sp³-hybridized carbons (Fsp3) is 0.188. The van der Waals surface area contributed by atoms with Crippen molar-refractivity contribution in [2.75, 3.05) is 12.9 Å². The van der Waals surface area contributed by atoms with E-state index in [0.29, 0.717) is 29.9 Å². The van der Waals surface area contributed by atoms with Crippen molar-refractivity contribution in [1.82, 2.24) is 0 Å². The van der Waals surface area contributed by atoms with Gasteiger partial charge in [0.05, 0.1) is 17.8 Å². The molecule has 0 saturated carbocycles. The lowest BCUT2D eigenvalue weighted by atomic mass is 10.0. The van der Waals surface area contributed by atoms with Gasteiger partial charge < -0.3 is 9.15 Å². The zero-order chi connectivity index (χ0) is 15.7. The zero-order valence-corrected chi connectivity index (χ0v) is 12.7. The molecule has 0 radical (unpaired) electrons. The minimum Gasteiger partial charge on any atom is -0.464 e. The normalized spacial score (nSPS) is 17.0. The van der Waals surface area contributed by atoms with E-state index in [0.717, 1.165) is 11.8 Å². The van der Waals surface area contributed by atoms with Gasteiger partial charge in [-0.1, -0.05) is 6.07 Å². The van der Waals surface area contributed by atoms with Gasteiger partial charge in [-0.3, -0.25) is 0 Å². The Morgan fingerprint density at radius 3 is 2.64 bits per heavy atom. The number of hydrogen-bond donors (Lipinski definition) is 0. The quantitative estimate of drug-likeness (QED) is 0.642. The van der Waals surface area contributed by atoms with Crippen molar-refractivity contribution in [2.45, 2.75) is 11.3 Å². The van der Waals surface area contributed by atoms with Gasteiger partial charge in [0.1, 0.15) is 5.76 Å². The predicted molar refractivity (Wildman–Crippen MR) is 80.8 cm³/mol. The number of carbonyl (C=O) groups excluding carboxylic acids is 1. The number of benzene rings is 1. The predicted octanol–water partition coefficient (Wildman–Crippen LogP) is 2.68. The molecule has 2 heterocycles. The molecule has 0 aliphatic carbocycles. The molecule has 5 nitrogen and oxygen atoms in total. The van der Waals surface area contributed by atoms with Gasteiger partial charge in [-0.05, 0) is 35.9 Å². The van der Waals surface area contributed by atoms with E-state index in [9.17, 15) is 13.2 Å². The molecule has 1 aromatic heterocycles. The highest BCUT2D eigenvalue weighted by atomic mass is 32.2. The molecule has 0 amide bonds. The Kier molecular flexibility index (Phi) is 3.62. The van der Waals surface area contributed by atoms with Gasteiger partial charge in [0.25, 0.3) is 0 Å². The van der Waals surface area contributed by atoms with Gasteiger partial charge in [0.15, 0.2) is 9.84 Å². The molecule has 0 spiro atoms. The molecule has 22 heavy (non-hydrogen) atoms. The molecule has 1 fully saturated rings. The molecular formula is C16H14O5S. The maximum atomic E-state index is 11.7. The smallest absolute Gasteiger partial charge is 0.334 e. The number of hydrogen-bond acceptors (Lipinski definition) is 5. The summed E-state index contributed by atoms with van der Waals surface area (Å²) in [4.78, 5) is 11.8. The summed E-state index contributed by atoms with van der Waals surface area (Å²) in [6, 6.07) is 8.22. The van der Waals surface area contributed by atoms with Crippen LogP contribution in [0.4, 0.5) is 0 Å². The van der Waals surface area contributed by atoms with Gasteiger partial charge in [0.2, 0.25) is 0 Å². The monoisotopic (exact) mass is 318 g/mol. The first-order valence-electron chi connectivity index (χ1n) is 6.71. The third-order valence-electron chi connectivity index (χ3n) is 3.44. The van der Waals surface area contributed by atoms with E-state index in [1.54, 1.807) is 30.3 Å². The van der Waals surface area contributed by atoms with Crippen molar-refractivity contribution in [1.29, 1.82) is 0 Å². The Morgan fingerprint density at radius 2 is 2.05 bits per heavy atom. The average Bonchev–Trinajstić information content (AvgIpc) is 3.11. The molecule has 2 aromatic rings. The van der Waals surface area contributed by atoms with Crippen LogP contribution in [0.3, 0.4) is 0 Å². The number of sulfone groups is 1. The number of rotatable bonds is 3. The SMILES string of the molecule is CS(=O)(=O)c1ccc(/C=C2/CCOC2=O)c(-c2ccco2)c1. The van der Waals surface area contributed by atoms with Crippen LogP contribution in [0, 0.1) is 0 Å². The molecule has 1 saturated heterocycles. The summed E-state index contributed by atoms with van der Waals surface area (Å²) in [6.07, 6.45) is 4.94. The van der Waals surface area contributed by atoms with Gasteiger partial charge >= 0.3 is 5.97 Å². The zero-order valence-electron chi connectivity index (χ0n) is 11.9. The maximum absolute atomic E-state index is 11.7. The van der Waals surface area contributed by atoms with Crippen molar-refractivity contribution < 1.29 is 22.4 Å². The number of cyclic esters (lactones) is 1. The highest BCUT2D eigenvalue weighted by Crippen LogP contribution is 2.30. The van der Waals surface area contributed by atoms with Crippen LogP contribution in [0.25, 0.3) is 17.4 Å². The molecule has 3 rings (SSSR count). The minimum atomic E-state index is -3.33. The summed E-state index contributed by atoms with van der Waals surface area (Å²) in [6.45, 7) is 0.377. The van der Waals surface area contributed by atoms with E-state index >= 15 is 0 Å². The molecule has 1 aliphatic heterocycles.